The fourth-order valence-electron chi connectivity index (χ4n) is 1.68. The minimum absolute atomic E-state index is 0.0172. The maximum absolute atomic E-state index is 10.8. The van der Waals surface area contributed by atoms with Gasteiger partial charge in [-0.15, -0.1) is 0 Å². The summed E-state index contributed by atoms with van der Waals surface area (Å²) in [6.45, 7) is 2.11. The summed E-state index contributed by atoms with van der Waals surface area (Å²) < 4.78 is 0.421. The van der Waals surface area contributed by atoms with E-state index in [-0.39, 0.29) is 18.0 Å². The van der Waals surface area contributed by atoms with Crippen molar-refractivity contribution in [3.05, 3.63) is 56.3 Å². The lowest BCUT2D eigenvalue weighted by Gasteiger charge is -2.08. The number of halogens is 1. The number of aromatic nitrogens is 1. The molecule has 1 aromatic heterocycles. The van der Waals surface area contributed by atoms with Gasteiger partial charge in [-0.25, -0.2) is 0 Å². The Kier molecular flexibility index (Phi) is 4.19. The van der Waals surface area contributed by atoms with Crippen molar-refractivity contribution in [2.45, 2.75) is 13.5 Å². The van der Waals surface area contributed by atoms with Crippen LogP contribution >= 0.6 is 15.9 Å². The molecule has 0 atom stereocenters. The molecule has 0 amide bonds. The van der Waals surface area contributed by atoms with Crippen LogP contribution in [0.4, 0.5) is 11.4 Å². The zero-order valence-corrected chi connectivity index (χ0v) is 12.2. The Morgan fingerprint density at radius 2 is 2.15 bits per heavy atom. The van der Waals surface area contributed by atoms with E-state index in [4.69, 9.17) is 0 Å². The first kappa shape index (κ1) is 14.3. The molecule has 104 valence electrons. The molecule has 0 aliphatic heterocycles. The monoisotopic (exact) mass is 337 g/mol. The molecule has 2 rings (SSSR count). The number of nitro benzene ring substituents is 1. The Bertz CT molecular complexity index is 661. The lowest BCUT2D eigenvalue weighted by atomic mass is 10.2. The van der Waals surface area contributed by atoms with Crippen molar-refractivity contribution in [1.29, 1.82) is 0 Å². The molecule has 2 aromatic rings. The van der Waals surface area contributed by atoms with E-state index < -0.39 is 4.92 Å². The van der Waals surface area contributed by atoms with Crippen LogP contribution in [0, 0.1) is 17.0 Å². The number of nitrogens with one attached hydrogen (secondary N) is 1. The molecule has 1 aromatic carbocycles. The molecule has 0 unspecified atom stereocenters. The zero-order valence-electron chi connectivity index (χ0n) is 10.6. The van der Waals surface area contributed by atoms with Gasteiger partial charge in [0.2, 0.25) is 0 Å². The molecule has 0 radical (unpaired) electrons. The van der Waals surface area contributed by atoms with Gasteiger partial charge in [-0.3, -0.25) is 15.1 Å². The number of rotatable bonds is 4. The van der Waals surface area contributed by atoms with E-state index in [1.165, 1.54) is 6.07 Å². The SMILES string of the molecule is Cc1ccc(O)c(CNc2ccc(Br)c([N+](=O)[O-])c2)n1. The first-order valence-electron chi connectivity index (χ1n) is 5.80. The molecule has 0 spiro atoms. The predicted octanol–water partition coefficient (Wildman–Crippen LogP) is 3.38. The van der Waals surface area contributed by atoms with E-state index in [1.807, 2.05) is 6.92 Å². The first-order chi connectivity index (χ1) is 9.47. The van der Waals surface area contributed by atoms with Crippen LogP contribution in [-0.4, -0.2) is 15.0 Å². The third-order valence-electron chi connectivity index (χ3n) is 2.69. The number of anilines is 1. The minimum Gasteiger partial charge on any atom is -0.506 e. The second kappa shape index (κ2) is 5.87. The summed E-state index contributed by atoms with van der Waals surface area (Å²) in [7, 11) is 0. The van der Waals surface area contributed by atoms with Crippen molar-refractivity contribution < 1.29 is 10.0 Å². The Morgan fingerprint density at radius 3 is 2.85 bits per heavy atom. The van der Waals surface area contributed by atoms with Crippen LogP contribution in [0.15, 0.2) is 34.8 Å². The summed E-state index contributed by atoms with van der Waals surface area (Å²) in [4.78, 5) is 14.6. The number of nitro groups is 1. The Morgan fingerprint density at radius 1 is 1.40 bits per heavy atom. The molecule has 0 saturated heterocycles. The maximum atomic E-state index is 10.8. The highest BCUT2D eigenvalue weighted by Crippen LogP contribution is 2.28. The molecule has 0 aliphatic rings. The normalized spacial score (nSPS) is 10.3. The summed E-state index contributed by atoms with van der Waals surface area (Å²) >= 11 is 3.13. The van der Waals surface area contributed by atoms with E-state index in [0.29, 0.717) is 15.9 Å². The molecule has 0 bridgehead atoms. The Balaban J connectivity index is 2.17. The first-order valence-corrected chi connectivity index (χ1v) is 6.60. The molecular formula is C13H12BrN3O3. The number of hydrogen-bond acceptors (Lipinski definition) is 5. The van der Waals surface area contributed by atoms with Crippen molar-refractivity contribution in [2.24, 2.45) is 0 Å². The average Bonchev–Trinajstić information content (AvgIpc) is 2.41. The number of aromatic hydroxyl groups is 1. The molecule has 7 heteroatoms. The van der Waals surface area contributed by atoms with E-state index >= 15 is 0 Å². The van der Waals surface area contributed by atoms with Gasteiger partial charge in [-0.2, -0.15) is 0 Å². The van der Waals surface area contributed by atoms with E-state index in [0.717, 1.165) is 5.69 Å². The van der Waals surface area contributed by atoms with E-state index in [9.17, 15) is 15.2 Å². The van der Waals surface area contributed by atoms with E-state index in [2.05, 4.69) is 26.2 Å². The van der Waals surface area contributed by atoms with Crippen LogP contribution in [0.3, 0.4) is 0 Å². The van der Waals surface area contributed by atoms with Crippen LogP contribution in [-0.2, 0) is 6.54 Å². The fraction of sp³-hybridized carbons (Fsp3) is 0.154. The minimum atomic E-state index is -0.461. The van der Waals surface area contributed by atoms with Crippen LogP contribution < -0.4 is 5.32 Å². The fourth-order valence-corrected chi connectivity index (χ4v) is 2.07. The lowest BCUT2D eigenvalue weighted by Crippen LogP contribution is -2.03. The van der Waals surface area contributed by atoms with Gasteiger partial charge in [0.25, 0.3) is 5.69 Å². The molecule has 0 saturated carbocycles. The molecule has 1 heterocycles. The molecule has 2 N–H and O–H groups in total. The third-order valence-corrected chi connectivity index (χ3v) is 3.36. The van der Waals surface area contributed by atoms with Gasteiger partial charge in [0, 0.05) is 17.4 Å². The highest BCUT2D eigenvalue weighted by molar-refractivity contribution is 9.10. The van der Waals surface area contributed by atoms with Crippen molar-refractivity contribution in [2.75, 3.05) is 5.32 Å². The quantitative estimate of drug-likeness (QED) is 0.659. The molecule has 6 nitrogen and oxygen atoms in total. The summed E-state index contributed by atoms with van der Waals surface area (Å²) in [6.07, 6.45) is 0. The Labute approximate surface area is 123 Å². The van der Waals surface area contributed by atoms with Crippen LogP contribution in [0.2, 0.25) is 0 Å². The maximum Gasteiger partial charge on any atom is 0.285 e. The van der Waals surface area contributed by atoms with Gasteiger partial charge in [0.1, 0.15) is 11.4 Å². The van der Waals surface area contributed by atoms with Gasteiger partial charge in [-0.1, -0.05) is 0 Å². The van der Waals surface area contributed by atoms with Crippen molar-refractivity contribution in [3.63, 3.8) is 0 Å². The number of pyridine rings is 1. The number of hydrogen-bond donors (Lipinski definition) is 2. The highest BCUT2D eigenvalue weighted by Gasteiger charge is 2.12. The summed E-state index contributed by atoms with van der Waals surface area (Å²) in [5.41, 5.74) is 1.86. The lowest BCUT2D eigenvalue weighted by molar-refractivity contribution is -0.385. The zero-order chi connectivity index (χ0) is 14.7. The Hall–Kier alpha value is -2.15. The second-order valence-corrected chi connectivity index (χ2v) is 5.05. The number of aryl methyl sites for hydroxylation is 1. The van der Waals surface area contributed by atoms with Gasteiger partial charge >= 0.3 is 0 Å². The second-order valence-electron chi connectivity index (χ2n) is 4.20. The van der Waals surface area contributed by atoms with Gasteiger partial charge in [0.15, 0.2) is 0 Å². The average molecular weight is 338 g/mol. The number of nitrogens with zero attached hydrogens (tertiary/aromatic N) is 2. The molecule has 0 fully saturated rings. The summed E-state index contributed by atoms with van der Waals surface area (Å²) in [5.74, 6) is 0.0923. The van der Waals surface area contributed by atoms with Crippen LogP contribution in [0.5, 0.6) is 5.75 Å². The van der Waals surface area contributed by atoms with Gasteiger partial charge in [0.05, 0.1) is 15.9 Å². The van der Waals surface area contributed by atoms with Crippen LogP contribution in [0.1, 0.15) is 11.4 Å². The highest BCUT2D eigenvalue weighted by atomic mass is 79.9. The van der Waals surface area contributed by atoms with E-state index in [1.54, 1.807) is 24.3 Å². The van der Waals surface area contributed by atoms with Gasteiger partial charge < -0.3 is 10.4 Å². The van der Waals surface area contributed by atoms with Crippen molar-refractivity contribution >= 4 is 27.3 Å². The molecule has 20 heavy (non-hydrogen) atoms. The summed E-state index contributed by atoms with van der Waals surface area (Å²) in [6, 6.07) is 8.03. The van der Waals surface area contributed by atoms with Crippen molar-refractivity contribution in [3.8, 4) is 5.75 Å². The largest absolute Gasteiger partial charge is 0.506 e. The van der Waals surface area contributed by atoms with Gasteiger partial charge in [-0.05, 0) is 47.1 Å². The third kappa shape index (κ3) is 3.24. The summed E-state index contributed by atoms with van der Waals surface area (Å²) in [5, 5.41) is 23.5. The standard InChI is InChI=1S/C13H12BrN3O3/c1-8-2-5-13(18)11(16-8)7-15-9-3-4-10(14)12(6-9)17(19)20/h2-6,15,18H,7H2,1H3. The smallest absolute Gasteiger partial charge is 0.285 e. The number of benzene rings is 1. The topological polar surface area (TPSA) is 88.3 Å². The molecular weight excluding hydrogens is 326 g/mol. The van der Waals surface area contributed by atoms with Crippen LogP contribution in [0.25, 0.3) is 0 Å². The van der Waals surface area contributed by atoms with Crippen molar-refractivity contribution in [1.82, 2.24) is 4.98 Å². The predicted molar refractivity (Wildman–Crippen MR) is 78.8 cm³/mol. The molecule has 0 aliphatic carbocycles.